The van der Waals surface area contributed by atoms with Gasteiger partial charge in [-0.05, 0) is 25.3 Å². The molecule has 0 unspecified atom stereocenters. The van der Waals surface area contributed by atoms with E-state index in [9.17, 15) is 0 Å². The highest BCUT2D eigenvalue weighted by Gasteiger charge is 2.13. The molecule has 0 heterocycles. The van der Waals surface area contributed by atoms with Gasteiger partial charge in [0.1, 0.15) is 0 Å². The average molecular weight is 259 g/mol. The van der Waals surface area contributed by atoms with Crippen molar-refractivity contribution in [2.45, 2.75) is 51.6 Å². The highest BCUT2D eigenvalue weighted by atomic mass is 15.2. The Morgan fingerprint density at radius 3 is 2.74 bits per heavy atom. The van der Waals surface area contributed by atoms with Crippen LogP contribution in [0.25, 0.3) is 0 Å². The van der Waals surface area contributed by atoms with Crippen molar-refractivity contribution in [3.8, 4) is 0 Å². The molecule has 2 N–H and O–H groups in total. The lowest BCUT2D eigenvalue weighted by atomic mass is 9.96. The molecule has 0 spiro atoms. The zero-order valence-electron chi connectivity index (χ0n) is 12.1. The zero-order valence-corrected chi connectivity index (χ0v) is 12.1. The number of nitrogens with zero attached hydrogens (tertiary/aromatic N) is 2. The lowest BCUT2D eigenvalue weighted by Gasteiger charge is -2.23. The van der Waals surface area contributed by atoms with Gasteiger partial charge in [-0.25, -0.2) is 4.99 Å². The van der Waals surface area contributed by atoms with Gasteiger partial charge in [-0.1, -0.05) is 49.1 Å². The monoisotopic (exact) mass is 259 g/mol. The molecule has 0 radical (unpaired) electrons. The van der Waals surface area contributed by atoms with Crippen molar-refractivity contribution < 1.29 is 0 Å². The summed E-state index contributed by atoms with van der Waals surface area (Å²) in [7, 11) is 2.02. The normalized spacial score (nSPS) is 17.5. The first-order valence-electron chi connectivity index (χ1n) is 7.25. The van der Waals surface area contributed by atoms with Crippen molar-refractivity contribution in [3.05, 3.63) is 35.4 Å². The van der Waals surface area contributed by atoms with Gasteiger partial charge < -0.3 is 10.6 Å². The van der Waals surface area contributed by atoms with Gasteiger partial charge >= 0.3 is 0 Å². The number of aryl methyl sites for hydroxylation is 1. The molecule has 0 saturated heterocycles. The van der Waals surface area contributed by atoms with Gasteiger partial charge in [-0.2, -0.15) is 0 Å². The highest BCUT2D eigenvalue weighted by molar-refractivity contribution is 5.78. The van der Waals surface area contributed by atoms with Crippen molar-refractivity contribution in [1.29, 1.82) is 0 Å². The molecule has 1 aromatic carbocycles. The molecule has 0 aromatic heterocycles. The van der Waals surface area contributed by atoms with Crippen LogP contribution >= 0.6 is 0 Å². The van der Waals surface area contributed by atoms with Crippen molar-refractivity contribution >= 4 is 5.96 Å². The maximum Gasteiger partial charge on any atom is 0.191 e. The molecule has 3 heteroatoms. The van der Waals surface area contributed by atoms with Crippen molar-refractivity contribution in [2.24, 2.45) is 10.7 Å². The molecule has 0 amide bonds. The number of guanidine groups is 1. The summed E-state index contributed by atoms with van der Waals surface area (Å²) in [5.41, 5.74) is 8.68. The maximum atomic E-state index is 6.11. The van der Waals surface area contributed by atoms with E-state index in [0.717, 1.165) is 6.54 Å². The molecule has 1 saturated carbocycles. The standard InChI is InChI=1S/C16H25N3/c1-13-7-6-8-14(11-13)12-19(2)16(17)18-15-9-4-3-5-10-15/h6-8,11,15H,3-5,9-10,12H2,1-2H3,(H2,17,18). The first-order chi connectivity index (χ1) is 9.15. The molecule has 3 nitrogen and oxygen atoms in total. The number of hydrogen-bond acceptors (Lipinski definition) is 1. The molecule has 0 aliphatic heterocycles. The second-order valence-corrected chi connectivity index (χ2v) is 5.62. The van der Waals surface area contributed by atoms with Crippen molar-refractivity contribution in [3.63, 3.8) is 0 Å². The Hall–Kier alpha value is -1.51. The Balaban J connectivity index is 1.94. The minimum atomic E-state index is 0.439. The molecular weight excluding hydrogens is 234 g/mol. The summed E-state index contributed by atoms with van der Waals surface area (Å²) >= 11 is 0. The molecule has 0 bridgehead atoms. The van der Waals surface area contributed by atoms with Crippen LogP contribution in [0.5, 0.6) is 0 Å². The number of hydrogen-bond donors (Lipinski definition) is 1. The van der Waals surface area contributed by atoms with Crippen LogP contribution in [-0.2, 0) is 6.54 Å². The van der Waals surface area contributed by atoms with E-state index in [0.29, 0.717) is 12.0 Å². The zero-order chi connectivity index (χ0) is 13.7. The van der Waals surface area contributed by atoms with Crippen LogP contribution in [0.3, 0.4) is 0 Å². The van der Waals surface area contributed by atoms with E-state index in [-0.39, 0.29) is 0 Å². The summed E-state index contributed by atoms with van der Waals surface area (Å²) in [5, 5.41) is 0. The van der Waals surface area contributed by atoms with E-state index < -0.39 is 0 Å². The van der Waals surface area contributed by atoms with E-state index in [2.05, 4.69) is 36.2 Å². The molecule has 0 atom stereocenters. The Bertz CT molecular complexity index is 433. The molecule has 2 rings (SSSR count). The summed E-state index contributed by atoms with van der Waals surface area (Å²) in [6.07, 6.45) is 6.33. The Morgan fingerprint density at radius 2 is 2.05 bits per heavy atom. The van der Waals surface area contributed by atoms with Crippen molar-refractivity contribution in [2.75, 3.05) is 7.05 Å². The minimum Gasteiger partial charge on any atom is -0.370 e. The van der Waals surface area contributed by atoms with Crippen LogP contribution in [0, 0.1) is 6.92 Å². The molecule has 1 aromatic rings. The van der Waals surface area contributed by atoms with Crippen molar-refractivity contribution in [1.82, 2.24) is 4.90 Å². The quantitative estimate of drug-likeness (QED) is 0.669. The van der Waals surface area contributed by atoms with Gasteiger partial charge in [-0.15, -0.1) is 0 Å². The van der Waals surface area contributed by atoms with Gasteiger partial charge in [-0.3, -0.25) is 0 Å². The first kappa shape index (κ1) is 13.9. The molecule has 1 aliphatic rings. The molecule has 104 valence electrons. The van der Waals surface area contributed by atoms with E-state index in [4.69, 9.17) is 5.73 Å². The van der Waals surface area contributed by atoms with Crippen LogP contribution in [0.1, 0.15) is 43.2 Å². The van der Waals surface area contributed by atoms with Gasteiger partial charge in [0, 0.05) is 13.6 Å². The van der Waals surface area contributed by atoms with Gasteiger partial charge in [0.05, 0.1) is 6.04 Å². The SMILES string of the molecule is Cc1cccc(CN(C)C(N)=NC2CCCCC2)c1. The van der Waals surface area contributed by atoms with E-state index in [1.54, 1.807) is 0 Å². The highest BCUT2D eigenvalue weighted by Crippen LogP contribution is 2.20. The third kappa shape index (κ3) is 4.27. The minimum absolute atomic E-state index is 0.439. The predicted octanol–water partition coefficient (Wildman–Crippen LogP) is 3.07. The fourth-order valence-electron chi connectivity index (χ4n) is 2.66. The lowest BCUT2D eigenvalue weighted by molar-refractivity contribution is 0.428. The predicted molar refractivity (Wildman–Crippen MR) is 81.1 cm³/mol. The first-order valence-corrected chi connectivity index (χ1v) is 7.25. The fraction of sp³-hybridized carbons (Fsp3) is 0.562. The van der Waals surface area contributed by atoms with Crippen LogP contribution in [0.2, 0.25) is 0 Å². The smallest absolute Gasteiger partial charge is 0.191 e. The summed E-state index contributed by atoms with van der Waals surface area (Å²) in [6, 6.07) is 8.98. The van der Waals surface area contributed by atoms with E-state index >= 15 is 0 Å². The Labute approximate surface area is 116 Å². The van der Waals surface area contributed by atoms with E-state index in [1.807, 2.05) is 11.9 Å². The van der Waals surface area contributed by atoms with Crippen LogP contribution in [-0.4, -0.2) is 23.9 Å². The summed E-state index contributed by atoms with van der Waals surface area (Å²) in [4.78, 5) is 6.72. The largest absolute Gasteiger partial charge is 0.370 e. The third-order valence-electron chi connectivity index (χ3n) is 3.78. The fourth-order valence-corrected chi connectivity index (χ4v) is 2.66. The second-order valence-electron chi connectivity index (χ2n) is 5.62. The number of benzene rings is 1. The van der Waals surface area contributed by atoms with Gasteiger partial charge in [0.15, 0.2) is 5.96 Å². The lowest BCUT2D eigenvalue weighted by Crippen LogP contribution is -2.35. The molecular formula is C16H25N3. The molecule has 1 aliphatic carbocycles. The van der Waals surface area contributed by atoms with Crippen LogP contribution < -0.4 is 5.73 Å². The van der Waals surface area contributed by atoms with Gasteiger partial charge in [0.25, 0.3) is 0 Å². The van der Waals surface area contributed by atoms with Gasteiger partial charge in [0.2, 0.25) is 0 Å². The number of aliphatic imine (C=N–C) groups is 1. The van der Waals surface area contributed by atoms with E-state index in [1.165, 1.54) is 43.2 Å². The van der Waals surface area contributed by atoms with Crippen LogP contribution in [0.15, 0.2) is 29.3 Å². The topological polar surface area (TPSA) is 41.6 Å². The average Bonchev–Trinajstić information content (AvgIpc) is 2.40. The number of nitrogens with two attached hydrogens (primary N) is 1. The maximum absolute atomic E-state index is 6.11. The third-order valence-corrected chi connectivity index (χ3v) is 3.78. The Kier molecular flexibility index (Phi) is 4.83. The second kappa shape index (κ2) is 6.60. The molecule has 1 fully saturated rings. The Morgan fingerprint density at radius 1 is 1.32 bits per heavy atom. The van der Waals surface area contributed by atoms with Crippen LogP contribution in [0.4, 0.5) is 0 Å². The summed E-state index contributed by atoms with van der Waals surface area (Å²) in [6.45, 7) is 2.94. The molecule has 19 heavy (non-hydrogen) atoms. The summed E-state index contributed by atoms with van der Waals surface area (Å²) in [5.74, 6) is 0.674. The number of rotatable bonds is 3. The summed E-state index contributed by atoms with van der Waals surface area (Å²) < 4.78 is 0.